The molecule has 0 aliphatic carbocycles. The minimum Gasteiger partial charge on any atom is -0.467 e. The fourth-order valence-electron chi connectivity index (χ4n) is 1.26. The number of rotatable bonds is 4. The number of carbonyl (C=O) groups excluding carboxylic acids is 1. The summed E-state index contributed by atoms with van der Waals surface area (Å²) < 4.78 is 17.3. The first kappa shape index (κ1) is 12.4. The highest BCUT2D eigenvalue weighted by Crippen LogP contribution is 2.11. The van der Waals surface area contributed by atoms with Gasteiger partial charge in [-0.2, -0.15) is 0 Å². The van der Waals surface area contributed by atoms with Crippen molar-refractivity contribution in [3.05, 3.63) is 30.1 Å². The van der Waals surface area contributed by atoms with Crippen LogP contribution in [0.1, 0.15) is 6.92 Å². The summed E-state index contributed by atoms with van der Waals surface area (Å²) in [5.74, 6) is -0.778. The van der Waals surface area contributed by atoms with Gasteiger partial charge in [0.25, 0.3) is 0 Å². The molecule has 1 aromatic rings. The summed E-state index contributed by atoms with van der Waals surface area (Å²) in [5, 5.41) is 2.89. The van der Waals surface area contributed by atoms with Gasteiger partial charge in [0.1, 0.15) is 11.9 Å². The molecule has 4 nitrogen and oxygen atoms in total. The number of nitrogens with two attached hydrogens (primary N) is 1. The fraction of sp³-hybridized carbons (Fsp3) is 0.364. The third kappa shape index (κ3) is 3.20. The van der Waals surface area contributed by atoms with Gasteiger partial charge in [-0.25, -0.2) is 9.18 Å². The van der Waals surface area contributed by atoms with E-state index in [4.69, 9.17) is 5.73 Å². The van der Waals surface area contributed by atoms with E-state index in [0.717, 1.165) is 0 Å². The highest BCUT2D eigenvalue weighted by Gasteiger charge is 2.22. The van der Waals surface area contributed by atoms with Crippen LogP contribution in [0.25, 0.3) is 0 Å². The second-order valence-corrected chi connectivity index (χ2v) is 3.51. The predicted molar refractivity (Wildman–Crippen MR) is 59.5 cm³/mol. The molecule has 0 saturated heterocycles. The largest absolute Gasteiger partial charge is 0.467 e. The lowest BCUT2D eigenvalue weighted by atomic mass is 10.1. The number of halogens is 1. The van der Waals surface area contributed by atoms with E-state index in [1.54, 1.807) is 6.92 Å². The first-order chi connectivity index (χ1) is 7.54. The molecule has 0 aliphatic heterocycles. The average molecular weight is 226 g/mol. The maximum absolute atomic E-state index is 12.7. The summed E-state index contributed by atoms with van der Waals surface area (Å²) in [4.78, 5) is 11.4. The molecule has 0 radical (unpaired) electrons. The molecular formula is C11H15FN2O2. The maximum atomic E-state index is 12.7. The smallest absolute Gasteiger partial charge is 0.329 e. The van der Waals surface area contributed by atoms with Gasteiger partial charge in [-0.1, -0.05) is 0 Å². The van der Waals surface area contributed by atoms with Gasteiger partial charge in [-0.05, 0) is 31.2 Å². The summed E-state index contributed by atoms with van der Waals surface area (Å²) in [5.41, 5.74) is 6.27. The van der Waals surface area contributed by atoms with Gasteiger partial charge in [-0.15, -0.1) is 0 Å². The molecule has 0 saturated carbocycles. The zero-order valence-electron chi connectivity index (χ0n) is 9.24. The summed E-state index contributed by atoms with van der Waals surface area (Å²) in [7, 11) is 1.30. The number of nitrogens with one attached hydrogen (secondary N) is 1. The molecule has 88 valence electrons. The Bertz CT molecular complexity index is 352. The molecule has 2 atom stereocenters. The van der Waals surface area contributed by atoms with E-state index in [1.165, 1.54) is 31.4 Å². The summed E-state index contributed by atoms with van der Waals surface area (Å²) in [6.07, 6.45) is 0. The monoisotopic (exact) mass is 226 g/mol. The van der Waals surface area contributed by atoms with Crippen LogP contribution < -0.4 is 11.1 Å². The molecule has 5 heteroatoms. The van der Waals surface area contributed by atoms with Crippen molar-refractivity contribution in [2.24, 2.45) is 5.73 Å². The van der Waals surface area contributed by atoms with Gasteiger partial charge in [0.05, 0.1) is 7.11 Å². The van der Waals surface area contributed by atoms with Gasteiger partial charge in [0.15, 0.2) is 0 Å². The molecule has 0 spiro atoms. The number of anilines is 1. The van der Waals surface area contributed by atoms with E-state index in [-0.39, 0.29) is 5.82 Å². The number of carbonyl (C=O) groups is 1. The Morgan fingerprint density at radius 3 is 2.44 bits per heavy atom. The lowest BCUT2D eigenvalue weighted by molar-refractivity contribution is -0.141. The Kier molecular flexibility index (Phi) is 4.25. The third-order valence-corrected chi connectivity index (χ3v) is 2.15. The average Bonchev–Trinajstić information content (AvgIpc) is 2.27. The van der Waals surface area contributed by atoms with Gasteiger partial charge in [0, 0.05) is 11.7 Å². The molecule has 16 heavy (non-hydrogen) atoms. The highest BCUT2D eigenvalue weighted by atomic mass is 19.1. The van der Waals surface area contributed by atoms with Gasteiger partial charge in [0.2, 0.25) is 0 Å². The molecule has 1 aromatic carbocycles. The molecule has 3 N–H and O–H groups in total. The molecule has 0 bridgehead atoms. The van der Waals surface area contributed by atoms with E-state index < -0.39 is 18.1 Å². The summed E-state index contributed by atoms with van der Waals surface area (Å²) >= 11 is 0. The Morgan fingerprint density at radius 1 is 1.44 bits per heavy atom. The quantitative estimate of drug-likeness (QED) is 0.755. The molecular weight excluding hydrogens is 211 g/mol. The topological polar surface area (TPSA) is 64.3 Å². The lowest BCUT2D eigenvalue weighted by Gasteiger charge is -2.20. The van der Waals surface area contributed by atoms with Crippen LogP contribution in [0.2, 0.25) is 0 Å². The number of hydrogen-bond donors (Lipinski definition) is 2. The van der Waals surface area contributed by atoms with Crippen molar-refractivity contribution in [3.63, 3.8) is 0 Å². The first-order valence-corrected chi connectivity index (χ1v) is 4.90. The number of esters is 1. The number of hydrogen-bond acceptors (Lipinski definition) is 4. The molecule has 0 fully saturated rings. The number of benzene rings is 1. The van der Waals surface area contributed by atoms with Crippen LogP contribution >= 0.6 is 0 Å². The second kappa shape index (κ2) is 5.46. The third-order valence-electron chi connectivity index (χ3n) is 2.15. The Hall–Kier alpha value is -1.62. The lowest BCUT2D eigenvalue weighted by Crippen LogP contribution is -2.44. The summed E-state index contributed by atoms with van der Waals surface area (Å²) in [6, 6.07) is 4.63. The van der Waals surface area contributed by atoms with Crippen LogP contribution in [0.3, 0.4) is 0 Å². The van der Waals surface area contributed by atoms with Crippen LogP contribution in [-0.2, 0) is 9.53 Å². The molecule has 0 aliphatic rings. The van der Waals surface area contributed by atoms with Crippen molar-refractivity contribution in [1.82, 2.24) is 0 Å². The number of methoxy groups -OCH3 is 1. The van der Waals surface area contributed by atoms with Crippen LogP contribution in [0.5, 0.6) is 0 Å². The normalized spacial score (nSPS) is 14.0. The SMILES string of the molecule is COC(=O)[C@H](Nc1ccc(F)cc1)[C@H](C)N. The fourth-order valence-corrected chi connectivity index (χ4v) is 1.26. The van der Waals surface area contributed by atoms with Crippen molar-refractivity contribution in [1.29, 1.82) is 0 Å². The number of ether oxygens (including phenoxy) is 1. The molecule has 0 aromatic heterocycles. The first-order valence-electron chi connectivity index (χ1n) is 4.90. The van der Waals surface area contributed by atoms with Gasteiger partial charge < -0.3 is 15.8 Å². The highest BCUT2D eigenvalue weighted by molar-refractivity contribution is 5.80. The minimum absolute atomic E-state index is 0.332. The van der Waals surface area contributed by atoms with Crippen molar-refractivity contribution in [3.8, 4) is 0 Å². The van der Waals surface area contributed by atoms with Crippen molar-refractivity contribution < 1.29 is 13.9 Å². The van der Waals surface area contributed by atoms with Crippen LogP contribution in [-0.4, -0.2) is 25.2 Å². The molecule has 0 heterocycles. The van der Waals surface area contributed by atoms with Crippen molar-refractivity contribution >= 4 is 11.7 Å². The minimum atomic E-state index is -0.643. The zero-order chi connectivity index (χ0) is 12.1. The molecule has 0 unspecified atom stereocenters. The van der Waals surface area contributed by atoms with Crippen LogP contribution in [0.4, 0.5) is 10.1 Å². The summed E-state index contributed by atoms with van der Waals surface area (Å²) in [6.45, 7) is 1.69. The van der Waals surface area contributed by atoms with E-state index in [0.29, 0.717) is 5.69 Å². The van der Waals surface area contributed by atoms with E-state index in [1.807, 2.05) is 0 Å². The van der Waals surface area contributed by atoms with Crippen LogP contribution in [0.15, 0.2) is 24.3 Å². The maximum Gasteiger partial charge on any atom is 0.329 e. The van der Waals surface area contributed by atoms with Gasteiger partial charge >= 0.3 is 5.97 Å². The molecule has 1 rings (SSSR count). The Balaban J connectivity index is 2.75. The zero-order valence-corrected chi connectivity index (χ0v) is 9.24. The van der Waals surface area contributed by atoms with Gasteiger partial charge in [-0.3, -0.25) is 0 Å². The van der Waals surface area contributed by atoms with E-state index in [9.17, 15) is 9.18 Å². The van der Waals surface area contributed by atoms with E-state index in [2.05, 4.69) is 10.1 Å². The van der Waals surface area contributed by atoms with Crippen LogP contribution in [0, 0.1) is 5.82 Å². The van der Waals surface area contributed by atoms with Crippen molar-refractivity contribution in [2.75, 3.05) is 12.4 Å². The second-order valence-electron chi connectivity index (χ2n) is 3.51. The van der Waals surface area contributed by atoms with E-state index >= 15 is 0 Å². The standard InChI is InChI=1S/C11H15FN2O2/c1-7(13)10(11(15)16-2)14-9-5-3-8(12)4-6-9/h3-7,10,14H,13H2,1-2H3/t7-,10+/m0/s1. The van der Waals surface area contributed by atoms with Crippen molar-refractivity contribution in [2.45, 2.75) is 19.0 Å². The predicted octanol–water partition coefficient (Wildman–Crippen LogP) is 1.13. The Morgan fingerprint density at radius 2 is 2.00 bits per heavy atom. The Labute approximate surface area is 93.6 Å². The molecule has 0 amide bonds.